The molecule has 1 aromatic carbocycles. The molecular weight excluding hydrogens is 302 g/mol. The molecule has 1 aromatic rings. The van der Waals surface area contributed by atoms with Gasteiger partial charge in [0.25, 0.3) is 0 Å². The molecule has 1 heterocycles. The zero-order valence-electron chi connectivity index (χ0n) is 12.9. The second kappa shape index (κ2) is 7.71. The maximum atomic E-state index is 12.6. The summed E-state index contributed by atoms with van der Waals surface area (Å²) in [5.74, 6) is 0.0771. The van der Waals surface area contributed by atoms with Crippen molar-refractivity contribution in [3.8, 4) is 0 Å². The summed E-state index contributed by atoms with van der Waals surface area (Å²) < 4.78 is 26.7. The molecule has 0 spiro atoms. The van der Waals surface area contributed by atoms with Crippen LogP contribution in [0.1, 0.15) is 12.8 Å². The van der Waals surface area contributed by atoms with Gasteiger partial charge in [-0.15, -0.1) is 0 Å². The standard InChI is InChI=1S/C15H23N3O3S/c1-16-9-8-15(19)17-10-5-11-18(13-12-17)22(20,21)14-6-3-2-4-7-14/h2-4,6-7,16H,5,8-13H2,1H3. The predicted octanol–water partition coefficient (Wildman–Crippen LogP) is 0.519. The van der Waals surface area contributed by atoms with Gasteiger partial charge in [-0.25, -0.2) is 8.42 Å². The summed E-state index contributed by atoms with van der Waals surface area (Å²) in [4.78, 5) is 14.1. The highest BCUT2D eigenvalue weighted by Gasteiger charge is 2.27. The van der Waals surface area contributed by atoms with E-state index in [1.807, 2.05) is 7.05 Å². The van der Waals surface area contributed by atoms with E-state index in [4.69, 9.17) is 0 Å². The van der Waals surface area contributed by atoms with Crippen LogP contribution in [0.5, 0.6) is 0 Å². The highest BCUT2D eigenvalue weighted by atomic mass is 32.2. The summed E-state index contributed by atoms with van der Waals surface area (Å²) in [5, 5.41) is 2.95. The SMILES string of the molecule is CNCCC(=O)N1CCCN(S(=O)(=O)c2ccccc2)CC1. The summed E-state index contributed by atoms with van der Waals surface area (Å²) in [6, 6.07) is 8.45. The van der Waals surface area contributed by atoms with E-state index >= 15 is 0 Å². The zero-order chi connectivity index (χ0) is 16.0. The minimum atomic E-state index is -3.47. The van der Waals surface area contributed by atoms with E-state index in [-0.39, 0.29) is 5.91 Å². The fourth-order valence-corrected chi connectivity index (χ4v) is 4.01. The molecule has 0 radical (unpaired) electrons. The van der Waals surface area contributed by atoms with Gasteiger partial charge in [-0.05, 0) is 25.6 Å². The van der Waals surface area contributed by atoms with Crippen molar-refractivity contribution in [2.75, 3.05) is 39.8 Å². The molecule has 7 heteroatoms. The third-order valence-corrected chi connectivity index (χ3v) is 5.69. The number of benzene rings is 1. The molecule has 1 amide bonds. The second-order valence-electron chi connectivity index (χ2n) is 5.31. The molecular formula is C15H23N3O3S. The first kappa shape index (κ1) is 16.9. The van der Waals surface area contributed by atoms with Crippen molar-refractivity contribution in [2.45, 2.75) is 17.7 Å². The first-order chi connectivity index (χ1) is 10.6. The van der Waals surface area contributed by atoms with Gasteiger partial charge in [0, 0.05) is 39.1 Å². The largest absolute Gasteiger partial charge is 0.341 e. The van der Waals surface area contributed by atoms with Crippen molar-refractivity contribution >= 4 is 15.9 Å². The highest BCUT2D eigenvalue weighted by molar-refractivity contribution is 7.89. The highest BCUT2D eigenvalue weighted by Crippen LogP contribution is 2.17. The smallest absolute Gasteiger partial charge is 0.243 e. The molecule has 0 atom stereocenters. The lowest BCUT2D eigenvalue weighted by Gasteiger charge is -2.22. The molecule has 1 saturated heterocycles. The molecule has 6 nitrogen and oxygen atoms in total. The number of carbonyl (C=O) groups is 1. The van der Waals surface area contributed by atoms with Crippen LogP contribution < -0.4 is 5.32 Å². The number of hydrogen-bond acceptors (Lipinski definition) is 4. The minimum Gasteiger partial charge on any atom is -0.341 e. The maximum absolute atomic E-state index is 12.6. The quantitative estimate of drug-likeness (QED) is 0.857. The molecule has 0 saturated carbocycles. The van der Waals surface area contributed by atoms with Gasteiger partial charge in [-0.2, -0.15) is 4.31 Å². The van der Waals surface area contributed by atoms with Crippen LogP contribution in [0.25, 0.3) is 0 Å². The average molecular weight is 325 g/mol. The third kappa shape index (κ3) is 4.06. The van der Waals surface area contributed by atoms with Crippen molar-refractivity contribution in [1.29, 1.82) is 0 Å². The Morgan fingerprint density at radius 3 is 2.55 bits per heavy atom. The normalized spacial score (nSPS) is 17.2. The van der Waals surface area contributed by atoms with Crippen molar-refractivity contribution in [2.24, 2.45) is 0 Å². The van der Waals surface area contributed by atoms with Crippen molar-refractivity contribution in [1.82, 2.24) is 14.5 Å². The topological polar surface area (TPSA) is 69.7 Å². The molecule has 1 aliphatic rings. The Kier molecular flexibility index (Phi) is 5.93. The van der Waals surface area contributed by atoms with E-state index in [1.165, 1.54) is 4.31 Å². The van der Waals surface area contributed by atoms with Gasteiger partial charge < -0.3 is 10.2 Å². The van der Waals surface area contributed by atoms with Crippen LogP contribution in [0.15, 0.2) is 35.2 Å². The van der Waals surface area contributed by atoms with Gasteiger partial charge in [0.1, 0.15) is 0 Å². The van der Waals surface area contributed by atoms with Crippen LogP contribution in [-0.2, 0) is 14.8 Å². The van der Waals surface area contributed by atoms with E-state index in [0.29, 0.717) is 50.5 Å². The zero-order valence-corrected chi connectivity index (χ0v) is 13.7. The number of nitrogens with one attached hydrogen (secondary N) is 1. The molecule has 1 fully saturated rings. The minimum absolute atomic E-state index is 0.0771. The van der Waals surface area contributed by atoms with Gasteiger partial charge in [0.2, 0.25) is 15.9 Å². The summed E-state index contributed by atoms with van der Waals surface area (Å²) in [5.41, 5.74) is 0. The van der Waals surface area contributed by atoms with Crippen LogP contribution in [0.2, 0.25) is 0 Å². The van der Waals surface area contributed by atoms with Crippen molar-refractivity contribution in [3.63, 3.8) is 0 Å². The Morgan fingerprint density at radius 2 is 1.86 bits per heavy atom. The Labute approximate surface area is 132 Å². The summed E-state index contributed by atoms with van der Waals surface area (Å²) in [7, 11) is -1.66. The van der Waals surface area contributed by atoms with Gasteiger partial charge in [-0.3, -0.25) is 4.79 Å². The van der Waals surface area contributed by atoms with E-state index in [2.05, 4.69) is 5.32 Å². The third-order valence-electron chi connectivity index (χ3n) is 3.78. The van der Waals surface area contributed by atoms with E-state index < -0.39 is 10.0 Å². The Hall–Kier alpha value is -1.44. The van der Waals surface area contributed by atoms with Gasteiger partial charge >= 0.3 is 0 Å². The Balaban J connectivity index is 2.03. The fourth-order valence-electron chi connectivity index (χ4n) is 2.52. The van der Waals surface area contributed by atoms with Crippen molar-refractivity contribution in [3.05, 3.63) is 30.3 Å². The predicted molar refractivity (Wildman–Crippen MR) is 84.9 cm³/mol. The van der Waals surface area contributed by atoms with Crippen LogP contribution in [0.3, 0.4) is 0 Å². The van der Waals surface area contributed by atoms with Crippen LogP contribution in [-0.4, -0.2) is 63.3 Å². The van der Waals surface area contributed by atoms with Gasteiger partial charge in [-0.1, -0.05) is 18.2 Å². The summed E-state index contributed by atoms with van der Waals surface area (Å²) in [6.07, 6.45) is 1.11. The van der Waals surface area contributed by atoms with Gasteiger partial charge in [0.05, 0.1) is 4.90 Å². The van der Waals surface area contributed by atoms with Crippen molar-refractivity contribution < 1.29 is 13.2 Å². The Morgan fingerprint density at radius 1 is 1.14 bits per heavy atom. The Bertz CT molecular complexity index is 589. The molecule has 1 N–H and O–H groups in total. The van der Waals surface area contributed by atoms with Crippen LogP contribution >= 0.6 is 0 Å². The van der Waals surface area contributed by atoms with E-state index in [1.54, 1.807) is 35.2 Å². The molecule has 0 aromatic heterocycles. The number of sulfonamides is 1. The maximum Gasteiger partial charge on any atom is 0.243 e. The van der Waals surface area contributed by atoms with E-state index in [0.717, 1.165) is 0 Å². The molecule has 22 heavy (non-hydrogen) atoms. The monoisotopic (exact) mass is 325 g/mol. The lowest BCUT2D eigenvalue weighted by atomic mass is 10.3. The average Bonchev–Trinajstić information content (AvgIpc) is 2.80. The summed E-state index contributed by atoms with van der Waals surface area (Å²) >= 11 is 0. The molecule has 0 unspecified atom stereocenters. The number of rotatable bonds is 5. The molecule has 0 bridgehead atoms. The number of amides is 1. The molecule has 122 valence electrons. The number of carbonyl (C=O) groups excluding carboxylic acids is 1. The summed E-state index contributed by atoms with van der Waals surface area (Å²) in [6.45, 7) is 2.51. The fraction of sp³-hybridized carbons (Fsp3) is 0.533. The lowest BCUT2D eigenvalue weighted by molar-refractivity contribution is -0.130. The van der Waals surface area contributed by atoms with Crippen LogP contribution in [0.4, 0.5) is 0 Å². The molecule has 0 aliphatic carbocycles. The van der Waals surface area contributed by atoms with Gasteiger partial charge in [0.15, 0.2) is 0 Å². The first-order valence-corrected chi connectivity index (χ1v) is 8.97. The number of hydrogen-bond donors (Lipinski definition) is 1. The molecule has 2 rings (SSSR count). The van der Waals surface area contributed by atoms with Crippen LogP contribution in [0, 0.1) is 0 Å². The number of nitrogens with zero attached hydrogens (tertiary/aromatic N) is 2. The first-order valence-electron chi connectivity index (χ1n) is 7.53. The lowest BCUT2D eigenvalue weighted by Crippen LogP contribution is -2.38. The van der Waals surface area contributed by atoms with E-state index in [9.17, 15) is 13.2 Å². The second-order valence-corrected chi connectivity index (χ2v) is 7.24. The molecule has 1 aliphatic heterocycles.